The van der Waals surface area contributed by atoms with Gasteiger partial charge in [0, 0.05) is 32.7 Å². The third-order valence-corrected chi connectivity index (χ3v) is 6.06. The van der Waals surface area contributed by atoms with E-state index in [4.69, 9.17) is 4.98 Å². The Morgan fingerprint density at radius 1 is 1.27 bits per heavy atom. The van der Waals surface area contributed by atoms with Crippen LogP contribution in [0.2, 0.25) is 0 Å². The van der Waals surface area contributed by atoms with Gasteiger partial charge in [-0.3, -0.25) is 14.6 Å². The number of nitrogens with zero attached hydrogens (tertiary/aromatic N) is 5. The molecule has 1 saturated carbocycles. The Labute approximate surface area is 195 Å². The van der Waals surface area contributed by atoms with E-state index in [9.17, 15) is 9.59 Å². The molecule has 172 valence electrons. The summed E-state index contributed by atoms with van der Waals surface area (Å²) in [5.74, 6) is 0.298. The molecule has 0 unspecified atom stereocenters. The molecule has 3 amide bonds. The average molecular weight is 446 g/mol. The van der Waals surface area contributed by atoms with Crippen molar-refractivity contribution in [3.63, 3.8) is 0 Å². The van der Waals surface area contributed by atoms with Crippen LogP contribution in [0.5, 0.6) is 0 Å². The van der Waals surface area contributed by atoms with Gasteiger partial charge in [0.05, 0.1) is 17.9 Å². The van der Waals surface area contributed by atoms with E-state index in [0.717, 1.165) is 35.3 Å². The van der Waals surface area contributed by atoms with E-state index >= 15 is 0 Å². The fraction of sp³-hybridized carbons (Fsp3) is 0.346. The molecule has 0 radical (unpaired) electrons. The topological polar surface area (TPSA) is 61.2 Å². The third-order valence-electron chi connectivity index (χ3n) is 6.06. The molecule has 1 aliphatic carbocycles. The van der Waals surface area contributed by atoms with Crippen LogP contribution in [0.4, 0.5) is 10.5 Å². The predicted molar refractivity (Wildman–Crippen MR) is 131 cm³/mol. The molecule has 7 heteroatoms. The van der Waals surface area contributed by atoms with Crippen molar-refractivity contribution in [3.8, 4) is 0 Å². The van der Waals surface area contributed by atoms with Crippen LogP contribution in [-0.2, 0) is 11.3 Å². The van der Waals surface area contributed by atoms with Gasteiger partial charge in [-0.15, -0.1) is 0 Å². The normalized spacial score (nSPS) is 17.0. The maximum Gasteiger partial charge on any atom is 0.331 e. The lowest BCUT2D eigenvalue weighted by molar-refractivity contribution is -0.123. The predicted octanol–water partition coefficient (Wildman–Crippen LogP) is 4.63. The van der Waals surface area contributed by atoms with Gasteiger partial charge in [-0.2, -0.15) is 0 Å². The Bertz CT molecular complexity index is 1210. The molecule has 2 fully saturated rings. The Balaban J connectivity index is 1.68. The minimum atomic E-state index is -0.312. The van der Waals surface area contributed by atoms with Crippen molar-refractivity contribution in [3.05, 3.63) is 77.9 Å². The second-order valence-electron chi connectivity index (χ2n) is 8.98. The van der Waals surface area contributed by atoms with Gasteiger partial charge in [0.15, 0.2) is 5.65 Å². The number of fused-ring (bicyclic) bond motifs is 1. The molecule has 2 aromatic rings. The number of anilines is 1. The van der Waals surface area contributed by atoms with Crippen molar-refractivity contribution >= 4 is 23.3 Å². The zero-order valence-electron chi connectivity index (χ0n) is 19.8. The Hall–Kier alpha value is -3.61. The highest BCUT2D eigenvalue weighted by Gasteiger charge is 2.36. The molecule has 33 heavy (non-hydrogen) atoms. The molecule has 0 atom stereocenters. The molecular weight excluding hydrogens is 414 g/mol. The van der Waals surface area contributed by atoms with E-state index in [-0.39, 0.29) is 18.5 Å². The average Bonchev–Trinajstić information content (AvgIpc) is 3.48. The number of carbonyl (C=O) groups is 2. The molecule has 7 nitrogen and oxygen atoms in total. The molecule has 3 heterocycles. The number of carbonyl (C=O) groups excluding carboxylic acids is 2. The zero-order chi connectivity index (χ0) is 23.9. The number of amides is 3. The highest BCUT2D eigenvalue weighted by atomic mass is 16.2. The van der Waals surface area contributed by atoms with Crippen molar-refractivity contribution in [2.75, 3.05) is 25.5 Å². The summed E-state index contributed by atoms with van der Waals surface area (Å²) >= 11 is 0. The van der Waals surface area contributed by atoms with E-state index in [0.29, 0.717) is 23.8 Å². The maximum atomic E-state index is 12.7. The molecule has 1 saturated heterocycles. The first-order valence-corrected chi connectivity index (χ1v) is 11.2. The Morgan fingerprint density at radius 2 is 2.00 bits per heavy atom. The van der Waals surface area contributed by atoms with Gasteiger partial charge in [0.25, 0.3) is 0 Å². The summed E-state index contributed by atoms with van der Waals surface area (Å²) in [7, 11) is 3.51. The molecule has 2 aliphatic rings. The summed E-state index contributed by atoms with van der Waals surface area (Å²) in [6.07, 6.45) is 12.4. The number of hydrogen-bond acceptors (Lipinski definition) is 4. The molecule has 0 spiro atoms. The van der Waals surface area contributed by atoms with Crippen LogP contribution in [0.25, 0.3) is 5.65 Å². The minimum Gasteiger partial charge on any atom is -0.374 e. The van der Waals surface area contributed by atoms with Crippen molar-refractivity contribution in [2.45, 2.75) is 39.2 Å². The third kappa shape index (κ3) is 4.49. The largest absolute Gasteiger partial charge is 0.374 e. The van der Waals surface area contributed by atoms with Gasteiger partial charge in [-0.25, -0.2) is 9.78 Å². The summed E-state index contributed by atoms with van der Waals surface area (Å²) in [4.78, 5) is 34.4. The van der Waals surface area contributed by atoms with Crippen LogP contribution in [0.15, 0.2) is 66.7 Å². The molecular formula is C26H31N5O2. The highest BCUT2D eigenvalue weighted by Crippen LogP contribution is 2.42. The van der Waals surface area contributed by atoms with Crippen LogP contribution >= 0.6 is 0 Å². The van der Waals surface area contributed by atoms with E-state index in [1.165, 1.54) is 22.4 Å². The lowest BCUT2D eigenvalue weighted by Gasteiger charge is -2.17. The second-order valence-corrected chi connectivity index (χ2v) is 8.98. The maximum absolute atomic E-state index is 12.7. The number of pyridine rings is 1. The first-order valence-electron chi connectivity index (χ1n) is 11.2. The van der Waals surface area contributed by atoms with E-state index in [2.05, 4.69) is 24.3 Å². The smallest absolute Gasteiger partial charge is 0.331 e. The first-order chi connectivity index (χ1) is 15.7. The fourth-order valence-corrected chi connectivity index (χ4v) is 4.13. The van der Waals surface area contributed by atoms with Gasteiger partial charge < -0.3 is 9.30 Å². The summed E-state index contributed by atoms with van der Waals surface area (Å²) in [6, 6.07) is 1.71. The van der Waals surface area contributed by atoms with E-state index in [1.807, 2.05) is 55.9 Å². The quantitative estimate of drug-likeness (QED) is 0.439. The van der Waals surface area contributed by atoms with Crippen LogP contribution in [-0.4, -0.2) is 51.8 Å². The lowest BCUT2D eigenvalue weighted by atomic mass is 10.0. The number of allylic oxidation sites excluding steroid dienone is 5. The number of aromatic nitrogens is 2. The number of imide groups is 1. The highest BCUT2D eigenvalue weighted by molar-refractivity contribution is 6.13. The van der Waals surface area contributed by atoms with Gasteiger partial charge >= 0.3 is 6.03 Å². The fourth-order valence-electron chi connectivity index (χ4n) is 4.13. The van der Waals surface area contributed by atoms with Crippen LogP contribution in [0.1, 0.15) is 43.9 Å². The van der Waals surface area contributed by atoms with Gasteiger partial charge in [0.2, 0.25) is 5.91 Å². The van der Waals surface area contributed by atoms with Crippen LogP contribution < -0.4 is 4.90 Å². The summed E-state index contributed by atoms with van der Waals surface area (Å²) in [6.45, 7) is 12.8. The molecule has 0 N–H and O–H groups in total. The molecule has 2 aromatic heterocycles. The molecule has 0 bridgehead atoms. The number of likely N-dealkylation sites (N-methyl/N-ethyl adjacent to an activating group) is 1. The first kappa shape index (κ1) is 22.6. The summed E-state index contributed by atoms with van der Waals surface area (Å²) in [5.41, 5.74) is 6.25. The molecule has 0 aromatic carbocycles. The Morgan fingerprint density at radius 3 is 2.58 bits per heavy atom. The monoisotopic (exact) mass is 445 g/mol. The zero-order valence-corrected chi connectivity index (χ0v) is 19.8. The lowest BCUT2D eigenvalue weighted by Crippen LogP contribution is -2.30. The second kappa shape index (κ2) is 8.73. The standard InChI is InChI=1S/C26H31N5O2/c1-7-8-18(4)22(17(2)3)15-28(5)13-21-14-30-12-20(19-9-10-19)11-23(25(30)27-21)31-16-24(32)29(6)26(31)33/h7-8,11-12,14-15,19H,2,4,9-10,13,16H2,1,3,5-6H3/b8-7-,22-15-. The van der Waals surface area contributed by atoms with Crippen molar-refractivity contribution < 1.29 is 9.59 Å². The number of urea groups is 1. The van der Waals surface area contributed by atoms with Crippen molar-refractivity contribution in [1.82, 2.24) is 19.2 Å². The van der Waals surface area contributed by atoms with Crippen molar-refractivity contribution in [1.29, 1.82) is 0 Å². The summed E-state index contributed by atoms with van der Waals surface area (Å²) < 4.78 is 1.99. The molecule has 1 aliphatic heterocycles. The van der Waals surface area contributed by atoms with Gasteiger partial charge in [-0.05, 0) is 61.0 Å². The van der Waals surface area contributed by atoms with Gasteiger partial charge in [0.1, 0.15) is 6.54 Å². The van der Waals surface area contributed by atoms with E-state index < -0.39 is 0 Å². The molecule has 4 rings (SSSR count). The van der Waals surface area contributed by atoms with Crippen molar-refractivity contribution in [2.24, 2.45) is 0 Å². The Kier molecular flexibility index (Phi) is 5.97. The number of hydrogen-bond donors (Lipinski definition) is 0. The van der Waals surface area contributed by atoms with Crippen LogP contribution in [0.3, 0.4) is 0 Å². The van der Waals surface area contributed by atoms with Crippen LogP contribution in [0, 0.1) is 0 Å². The minimum absolute atomic E-state index is 0.0407. The summed E-state index contributed by atoms with van der Waals surface area (Å²) in [5, 5.41) is 0. The number of imidazole rings is 1. The van der Waals surface area contributed by atoms with Gasteiger partial charge in [-0.1, -0.05) is 25.3 Å². The van der Waals surface area contributed by atoms with E-state index in [1.54, 1.807) is 0 Å². The SMILES string of the molecule is C=C(C)/C(=C/N(C)Cc1cn2cc(C3CC3)cc(N3CC(=O)N(C)C3=O)c2n1)C(=C)/C=C\C. The number of rotatable bonds is 8.